The fourth-order valence-corrected chi connectivity index (χ4v) is 6.32. The van der Waals surface area contributed by atoms with Gasteiger partial charge in [0.1, 0.15) is 6.04 Å². The smallest absolute Gasteiger partial charge is 0.243 e. The van der Waals surface area contributed by atoms with Crippen molar-refractivity contribution in [1.82, 2.24) is 20.0 Å². The highest BCUT2D eigenvalue weighted by molar-refractivity contribution is 6.02. The van der Waals surface area contributed by atoms with E-state index in [2.05, 4.69) is 15.1 Å². The second kappa shape index (κ2) is 8.93. The molecule has 0 aromatic rings. The number of piperidine rings is 2. The third-order valence-corrected chi connectivity index (χ3v) is 7.95. The van der Waals surface area contributed by atoms with E-state index in [1.807, 2.05) is 18.7 Å². The van der Waals surface area contributed by atoms with Crippen molar-refractivity contribution in [2.75, 3.05) is 39.3 Å². The van der Waals surface area contributed by atoms with Crippen molar-refractivity contribution < 1.29 is 9.59 Å². The third kappa shape index (κ3) is 4.07. The highest BCUT2D eigenvalue weighted by atomic mass is 16.2. The van der Waals surface area contributed by atoms with E-state index in [0.29, 0.717) is 6.54 Å². The molecule has 1 spiro atoms. The lowest BCUT2D eigenvalue weighted by molar-refractivity contribution is -0.181. The van der Waals surface area contributed by atoms with Crippen LogP contribution in [0.3, 0.4) is 0 Å². The molecule has 1 atom stereocenters. The molecule has 1 N–H and O–H groups in total. The largest absolute Gasteiger partial charge is 0.353 e. The van der Waals surface area contributed by atoms with Gasteiger partial charge in [-0.3, -0.25) is 9.59 Å². The molecule has 2 amide bonds. The van der Waals surface area contributed by atoms with Crippen molar-refractivity contribution in [3.63, 3.8) is 0 Å². The van der Waals surface area contributed by atoms with Crippen LogP contribution in [-0.2, 0) is 9.59 Å². The van der Waals surface area contributed by atoms with Crippen molar-refractivity contribution in [2.45, 2.75) is 89.8 Å². The lowest BCUT2D eigenvalue weighted by Crippen LogP contribution is -2.74. The quantitative estimate of drug-likeness (QED) is 0.690. The van der Waals surface area contributed by atoms with Gasteiger partial charge >= 0.3 is 0 Å². The van der Waals surface area contributed by atoms with Gasteiger partial charge in [-0.2, -0.15) is 0 Å². The lowest BCUT2D eigenvalue weighted by atomic mass is 9.68. The number of nitrogens with zero attached hydrogens (tertiary/aromatic N) is 3. The summed E-state index contributed by atoms with van der Waals surface area (Å²) in [5.41, 5.74) is -0.388. The SMILES string of the molecule is CC(C)N1C(=O)C2(CCCC2)C1C(=O)NCCN1CCC(N2CCCCC2)CC1. The fourth-order valence-electron chi connectivity index (χ4n) is 6.32. The van der Waals surface area contributed by atoms with Crippen molar-refractivity contribution in [3.8, 4) is 0 Å². The first-order valence-electron chi connectivity index (χ1n) is 12.1. The topological polar surface area (TPSA) is 55.9 Å². The Kier molecular flexibility index (Phi) is 6.50. The Bertz CT molecular complexity index is 588. The third-order valence-electron chi connectivity index (χ3n) is 7.95. The Morgan fingerprint density at radius 2 is 1.69 bits per heavy atom. The van der Waals surface area contributed by atoms with Crippen LogP contribution in [0.4, 0.5) is 0 Å². The van der Waals surface area contributed by atoms with Crippen molar-refractivity contribution in [3.05, 3.63) is 0 Å². The Balaban J connectivity index is 1.22. The molecule has 0 radical (unpaired) electrons. The molecule has 0 aromatic heterocycles. The summed E-state index contributed by atoms with van der Waals surface area (Å²) in [5.74, 6) is 0.285. The zero-order valence-corrected chi connectivity index (χ0v) is 18.5. The molecule has 1 saturated carbocycles. The molecule has 4 aliphatic rings. The van der Waals surface area contributed by atoms with Gasteiger partial charge in [-0.15, -0.1) is 0 Å². The molecular formula is C23H40N4O2. The number of nitrogens with one attached hydrogen (secondary N) is 1. The zero-order chi connectivity index (χ0) is 20.4. The van der Waals surface area contributed by atoms with Gasteiger partial charge in [0, 0.05) is 25.2 Å². The molecule has 1 aliphatic carbocycles. The summed E-state index contributed by atoms with van der Waals surface area (Å²) in [6.07, 6.45) is 10.6. The minimum absolute atomic E-state index is 0.0726. The summed E-state index contributed by atoms with van der Waals surface area (Å²) in [6, 6.07) is 0.615. The monoisotopic (exact) mass is 404 g/mol. The minimum atomic E-state index is -0.388. The maximum absolute atomic E-state index is 13.0. The first kappa shape index (κ1) is 21.1. The van der Waals surface area contributed by atoms with Crippen LogP contribution in [-0.4, -0.2) is 83.9 Å². The van der Waals surface area contributed by atoms with E-state index in [0.717, 1.165) is 51.4 Å². The van der Waals surface area contributed by atoms with Gasteiger partial charge in [-0.1, -0.05) is 19.3 Å². The van der Waals surface area contributed by atoms with Gasteiger partial charge in [0.05, 0.1) is 5.41 Å². The van der Waals surface area contributed by atoms with E-state index < -0.39 is 0 Å². The lowest BCUT2D eigenvalue weighted by Gasteiger charge is -2.55. The van der Waals surface area contributed by atoms with Crippen LogP contribution >= 0.6 is 0 Å². The number of amides is 2. The van der Waals surface area contributed by atoms with Gasteiger partial charge in [-0.25, -0.2) is 0 Å². The van der Waals surface area contributed by atoms with Crippen LogP contribution < -0.4 is 5.32 Å². The summed E-state index contributed by atoms with van der Waals surface area (Å²) in [5, 5.41) is 3.18. The summed E-state index contributed by atoms with van der Waals surface area (Å²) >= 11 is 0. The average molecular weight is 405 g/mol. The Hall–Kier alpha value is -1.14. The van der Waals surface area contributed by atoms with Crippen LogP contribution in [0.2, 0.25) is 0 Å². The normalized spacial score (nSPS) is 28.9. The first-order chi connectivity index (χ1) is 14.0. The molecule has 29 heavy (non-hydrogen) atoms. The highest BCUT2D eigenvalue weighted by Crippen LogP contribution is 2.52. The molecule has 164 valence electrons. The summed E-state index contributed by atoms with van der Waals surface area (Å²) in [7, 11) is 0. The highest BCUT2D eigenvalue weighted by Gasteiger charge is 2.64. The summed E-state index contributed by atoms with van der Waals surface area (Å²) in [4.78, 5) is 32.8. The minimum Gasteiger partial charge on any atom is -0.353 e. The molecular weight excluding hydrogens is 364 g/mol. The van der Waals surface area contributed by atoms with Gasteiger partial charge in [-0.05, 0) is 78.6 Å². The summed E-state index contributed by atoms with van der Waals surface area (Å²) < 4.78 is 0. The van der Waals surface area contributed by atoms with Gasteiger partial charge in [0.15, 0.2) is 0 Å². The molecule has 0 bridgehead atoms. The van der Waals surface area contributed by atoms with Crippen molar-refractivity contribution in [1.29, 1.82) is 0 Å². The molecule has 4 rings (SSSR count). The van der Waals surface area contributed by atoms with E-state index in [1.54, 1.807) is 0 Å². The second-order valence-corrected chi connectivity index (χ2v) is 10.0. The average Bonchev–Trinajstić information content (AvgIpc) is 3.25. The Morgan fingerprint density at radius 3 is 2.31 bits per heavy atom. The van der Waals surface area contributed by atoms with E-state index in [9.17, 15) is 9.59 Å². The number of carbonyl (C=O) groups excluding carboxylic acids is 2. The molecule has 3 heterocycles. The predicted octanol–water partition coefficient (Wildman–Crippen LogP) is 2.23. The summed E-state index contributed by atoms with van der Waals surface area (Å²) in [6.45, 7) is 10.5. The molecule has 4 fully saturated rings. The van der Waals surface area contributed by atoms with Gasteiger partial charge in [0.25, 0.3) is 0 Å². The van der Waals surface area contributed by atoms with E-state index in [-0.39, 0.29) is 29.3 Å². The van der Waals surface area contributed by atoms with E-state index >= 15 is 0 Å². The van der Waals surface area contributed by atoms with Gasteiger partial charge < -0.3 is 20.0 Å². The molecule has 3 saturated heterocycles. The van der Waals surface area contributed by atoms with E-state index in [1.165, 1.54) is 45.2 Å². The number of rotatable bonds is 6. The van der Waals surface area contributed by atoms with Crippen LogP contribution in [0.1, 0.15) is 71.6 Å². The standard InChI is InChI=1S/C23H40N4O2/c1-18(2)27-20(23(22(27)29)10-4-5-11-23)21(28)24-12-17-25-15-8-19(9-16-25)26-13-6-3-7-14-26/h18-20H,3-17H2,1-2H3,(H,24,28). The number of hydrogen-bond donors (Lipinski definition) is 1. The van der Waals surface area contributed by atoms with E-state index in [4.69, 9.17) is 0 Å². The van der Waals surface area contributed by atoms with Crippen molar-refractivity contribution in [2.24, 2.45) is 5.41 Å². The Labute approximate surface area is 176 Å². The Morgan fingerprint density at radius 1 is 1.03 bits per heavy atom. The van der Waals surface area contributed by atoms with Crippen LogP contribution in [0, 0.1) is 5.41 Å². The molecule has 0 aromatic carbocycles. The zero-order valence-electron chi connectivity index (χ0n) is 18.5. The predicted molar refractivity (Wildman–Crippen MR) is 115 cm³/mol. The number of hydrogen-bond acceptors (Lipinski definition) is 4. The number of β-lactam (4-membered cyclic amide) rings is 1. The van der Waals surface area contributed by atoms with Crippen molar-refractivity contribution >= 4 is 11.8 Å². The molecule has 6 heteroatoms. The molecule has 1 unspecified atom stereocenters. The maximum atomic E-state index is 13.0. The number of carbonyl (C=O) groups is 2. The van der Waals surface area contributed by atoms with Crippen LogP contribution in [0.25, 0.3) is 0 Å². The fraction of sp³-hybridized carbons (Fsp3) is 0.913. The number of likely N-dealkylation sites (tertiary alicyclic amines) is 3. The van der Waals surface area contributed by atoms with Gasteiger partial charge in [0.2, 0.25) is 11.8 Å². The molecule has 3 aliphatic heterocycles. The van der Waals surface area contributed by atoms with Crippen LogP contribution in [0.5, 0.6) is 0 Å². The second-order valence-electron chi connectivity index (χ2n) is 10.0. The first-order valence-corrected chi connectivity index (χ1v) is 12.1. The maximum Gasteiger partial charge on any atom is 0.243 e. The van der Waals surface area contributed by atoms with Crippen LogP contribution in [0.15, 0.2) is 0 Å². The molecule has 6 nitrogen and oxygen atoms in total.